The van der Waals surface area contributed by atoms with Gasteiger partial charge in [0, 0.05) is 17.5 Å². The molecule has 70 valence electrons. The molecule has 0 spiro atoms. The van der Waals surface area contributed by atoms with E-state index in [2.05, 4.69) is 4.98 Å². The lowest BCUT2D eigenvalue weighted by Crippen LogP contribution is -2.19. The lowest BCUT2D eigenvalue weighted by Gasteiger charge is -2.03. The number of carboxylic acid groups (broad SMARTS) is 1. The van der Waals surface area contributed by atoms with Crippen molar-refractivity contribution in [2.75, 3.05) is 0 Å². The van der Waals surface area contributed by atoms with E-state index in [1.165, 1.54) is 6.07 Å². The minimum atomic E-state index is -1.17. The van der Waals surface area contributed by atoms with E-state index in [0.29, 0.717) is 17.8 Å². The molecule has 0 fully saturated rings. The van der Waals surface area contributed by atoms with Gasteiger partial charge in [-0.05, 0) is 13.3 Å². The molecule has 0 unspecified atom stereocenters. The third kappa shape index (κ3) is 1.77. The number of aromatic amines is 1. The third-order valence-corrected chi connectivity index (χ3v) is 1.81. The molecule has 4 heteroatoms. The van der Waals surface area contributed by atoms with Crippen molar-refractivity contribution in [3.63, 3.8) is 0 Å². The SMILES string of the molecule is CCc1[nH]c(C)cc(=O)c1C(=O)O. The fourth-order valence-electron chi connectivity index (χ4n) is 1.25. The molecule has 1 aromatic heterocycles. The second kappa shape index (κ2) is 3.43. The molecular weight excluding hydrogens is 170 g/mol. The fourth-order valence-corrected chi connectivity index (χ4v) is 1.25. The first-order valence-electron chi connectivity index (χ1n) is 4.02. The van der Waals surface area contributed by atoms with Crippen LogP contribution in [0.5, 0.6) is 0 Å². The molecule has 0 aromatic carbocycles. The first kappa shape index (κ1) is 9.51. The minimum Gasteiger partial charge on any atom is -0.477 e. The maximum Gasteiger partial charge on any atom is 0.341 e. The summed E-state index contributed by atoms with van der Waals surface area (Å²) in [6.07, 6.45) is 0.512. The first-order valence-corrected chi connectivity index (χ1v) is 4.02. The normalized spacial score (nSPS) is 10.0. The number of aryl methyl sites for hydroxylation is 2. The molecule has 0 saturated heterocycles. The van der Waals surface area contributed by atoms with Crippen LogP contribution in [-0.2, 0) is 6.42 Å². The van der Waals surface area contributed by atoms with Gasteiger partial charge in [0.2, 0.25) is 0 Å². The van der Waals surface area contributed by atoms with Crippen LogP contribution in [0.1, 0.15) is 28.7 Å². The number of carbonyl (C=O) groups is 1. The molecular formula is C9H11NO3. The Morgan fingerprint density at radius 3 is 2.69 bits per heavy atom. The van der Waals surface area contributed by atoms with Gasteiger partial charge in [-0.15, -0.1) is 0 Å². The molecule has 0 aliphatic heterocycles. The molecule has 0 radical (unpaired) electrons. The number of carboxylic acids is 1. The number of hydrogen-bond acceptors (Lipinski definition) is 2. The van der Waals surface area contributed by atoms with Crippen LogP contribution in [0.15, 0.2) is 10.9 Å². The molecule has 0 saturated carbocycles. The predicted molar refractivity (Wildman–Crippen MR) is 48.1 cm³/mol. The van der Waals surface area contributed by atoms with Crippen LogP contribution in [0.2, 0.25) is 0 Å². The summed E-state index contributed by atoms with van der Waals surface area (Å²) in [4.78, 5) is 24.8. The van der Waals surface area contributed by atoms with Gasteiger partial charge in [-0.25, -0.2) is 4.79 Å². The zero-order valence-corrected chi connectivity index (χ0v) is 7.55. The Kier molecular flexibility index (Phi) is 2.51. The van der Waals surface area contributed by atoms with Crippen LogP contribution in [0.25, 0.3) is 0 Å². The second-order valence-electron chi connectivity index (χ2n) is 2.83. The summed E-state index contributed by atoms with van der Waals surface area (Å²) >= 11 is 0. The van der Waals surface area contributed by atoms with Gasteiger partial charge in [0.25, 0.3) is 0 Å². The molecule has 1 aromatic rings. The molecule has 0 bridgehead atoms. The van der Waals surface area contributed by atoms with Crippen molar-refractivity contribution >= 4 is 5.97 Å². The number of nitrogens with one attached hydrogen (secondary N) is 1. The van der Waals surface area contributed by atoms with Gasteiger partial charge in [0.1, 0.15) is 5.56 Å². The number of H-pyrrole nitrogens is 1. The lowest BCUT2D eigenvalue weighted by molar-refractivity contribution is 0.0694. The zero-order valence-electron chi connectivity index (χ0n) is 7.55. The molecule has 1 rings (SSSR count). The van der Waals surface area contributed by atoms with Crippen molar-refractivity contribution in [3.05, 3.63) is 33.2 Å². The van der Waals surface area contributed by atoms with Crippen molar-refractivity contribution < 1.29 is 9.90 Å². The fraction of sp³-hybridized carbons (Fsp3) is 0.333. The lowest BCUT2D eigenvalue weighted by atomic mass is 10.1. The van der Waals surface area contributed by atoms with Gasteiger partial charge in [-0.2, -0.15) is 0 Å². The molecule has 0 atom stereocenters. The molecule has 4 nitrogen and oxygen atoms in total. The molecule has 13 heavy (non-hydrogen) atoms. The Balaban J connectivity index is 3.48. The van der Waals surface area contributed by atoms with Crippen LogP contribution < -0.4 is 5.43 Å². The highest BCUT2D eigenvalue weighted by Gasteiger charge is 2.13. The summed E-state index contributed by atoms with van der Waals surface area (Å²) in [6.45, 7) is 3.53. The summed E-state index contributed by atoms with van der Waals surface area (Å²) in [5, 5.41) is 8.75. The van der Waals surface area contributed by atoms with E-state index in [1.54, 1.807) is 13.8 Å². The molecule has 0 aliphatic carbocycles. The Morgan fingerprint density at radius 1 is 1.62 bits per heavy atom. The monoisotopic (exact) mass is 181 g/mol. The van der Waals surface area contributed by atoms with Crippen LogP contribution in [-0.4, -0.2) is 16.1 Å². The van der Waals surface area contributed by atoms with Crippen molar-refractivity contribution in [1.82, 2.24) is 4.98 Å². The predicted octanol–water partition coefficient (Wildman–Crippen LogP) is 0.944. The van der Waals surface area contributed by atoms with Gasteiger partial charge >= 0.3 is 5.97 Å². The maximum absolute atomic E-state index is 11.3. The Hall–Kier alpha value is -1.58. The summed E-state index contributed by atoms with van der Waals surface area (Å²) in [7, 11) is 0. The number of hydrogen-bond donors (Lipinski definition) is 2. The van der Waals surface area contributed by atoms with Gasteiger partial charge in [0.15, 0.2) is 5.43 Å². The minimum absolute atomic E-state index is 0.145. The Labute approximate surface area is 75.2 Å². The molecule has 0 amide bonds. The third-order valence-electron chi connectivity index (χ3n) is 1.81. The second-order valence-corrected chi connectivity index (χ2v) is 2.83. The van der Waals surface area contributed by atoms with E-state index in [9.17, 15) is 9.59 Å². The average molecular weight is 181 g/mol. The van der Waals surface area contributed by atoms with E-state index < -0.39 is 11.4 Å². The van der Waals surface area contributed by atoms with E-state index in [0.717, 1.165) is 0 Å². The van der Waals surface area contributed by atoms with Crippen molar-refractivity contribution in [3.8, 4) is 0 Å². The Morgan fingerprint density at radius 2 is 2.23 bits per heavy atom. The van der Waals surface area contributed by atoms with Crippen molar-refractivity contribution in [2.24, 2.45) is 0 Å². The van der Waals surface area contributed by atoms with Crippen LogP contribution in [0, 0.1) is 6.92 Å². The van der Waals surface area contributed by atoms with Gasteiger partial charge in [-0.3, -0.25) is 4.79 Å². The van der Waals surface area contributed by atoms with E-state index in [4.69, 9.17) is 5.11 Å². The van der Waals surface area contributed by atoms with Gasteiger partial charge < -0.3 is 10.1 Å². The van der Waals surface area contributed by atoms with Crippen LogP contribution in [0.3, 0.4) is 0 Å². The van der Waals surface area contributed by atoms with E-state index in [1.807, 2.05) is 0 Å². The smallest absolute Gasteiger partial charge is 0.341 e. The standard InChI is InChI=1S/C9H11NO3/c1-3-6-8(9(12)13)7(11)4-5(2)10-6/h4H,3H2,1-2H3,(H,10,11)(H,12,13). The molecule has 0 aliphatic rings. The number of aromatic nitrogens is 1. The van der Waals surface area contributed by atoms with Gasteiger partial charge in [0.05, 0.1) is 0 Å². The quantitative estimate of drug-likeness (QED) is 0.713. The topological polar surface area (TPSA) is 70.2 Å². The summed E-state index contributed by atoms with van der Waals surface area (Å²) in [5.41, 5.74) is 0.595. The highest BCUT2D eigenvalue weighted by molar-refractivity contribution is 5.88. The van der Waals surface area contributed by atoms with Crippen molar-refractivity contribution in [2.45, 2.75) is 20.3 Å². The summed E-state index contributed by atoms with van der Waals surface area (Å²) < 4.78 is 0. The number of rotatable bonds is 2. The van der Waals surface area contributed by atoms with Crippen LogP contribution in [0.4, 0.5) is 0 Å². The zero-order chi connectivity index (χ0) is 10.0. The number of pyridine rings is 1. The van der Waals surface area contributed by atoms with Crippen LogP contribution >= 0.6 is 0 Å². The maximum atomic E-state index is 11.3. The first-order chi connectivity index (χ1) is 6.06. The highest BCUT2D eigenvalue weighted by atomic mass is 16.4. The summed E-state index contributed by atoms with van der Waals surface area (Å²) in [5.74, 6) is -1.17. The Bertz CT molecular complexity index is 392. The van der Waals surface area contributed by atoms with Crippen molar-refractivity contribution in [1.29, 1.82) is 0 Å². The van der Waals surface area contributed by atoms with E-state index >= 15 is 0 Å². The summed E-state index contributed by atoms with van der Waals surface area (Å²) in [6, 6.07) is 1.29. The number of aromatic carboxylic acids is 1. The average Bonchev–Trinajstić information content (AvgIpc) is 2.01. The largest absolute Gasteiger partial charge is 0.477 e. The molecule has 2 N–H and O–H groups in total. The molecule has 1 heterocycles. The van der Waals surface area contributed by atoms with Gasteiger partial charge in [-0.1, -0.05) is 6.92 Å². The highest BCUT2D eigenvalue weighted by Crippen LogP contribution is 2.02. The van der Waals surface area contributed by atoms with E-state index in [-0.39, 0.29) is 5.56 Å².